The van der Waals surface area contributed by atoms with Crippen LogP contribution in [0.25, 0.3) is 0 Å². The molecule has 0 saturated heterocycles. The van der Waals surface area contributed by atoms with Gasteiger partial charge in [-0.05, 0) is 41.3 Å². The van der Waals surface area contributed by atoms with E-state index in [9.17, 15) is 0 Å². The second-order valence-electron chi connectivity index (χ2n) is 6.06. The van der Waals surface area contributed by atoms with Crippen LogP contribution >= 0.6 is 0 Å². The number of rotatable bonds is 4. The van der Waals surface area contributed by atoms with Gasteiger partial charge in [-0.1, -0.05) is 0 Å². The number of hydrogen-bond acceptors (Lipinski definition) is 2. The fourth-order valence-corrected chi connectivity index (χ4v) is 1.77. The Bertz CT molecular complexity index is 429. The zero-order valence-corrected chi connectivity index (χ0v) is 17.5. The van der Waals surface area contributed by atoms with Gasteiger partial charge >= 0.3 is 38.5 Å². The Morgan fingerprint density at radius 1 is 0.864 bits per heavy atom. The summed E-state index contributed by atoms with van der Waals surface area (Å²) in [4.78, 5) is 4.32. The van der Waals surface area contributed by atoms with Crippen LogP contribution in [0.5, 0.6) is 0 Å². The molecule has 0 spiro atoms. The summed E-state index contributed by atoms with van der Waals surface area (Å²) >= 11 is 2.27. The van der Waals surface area contributed by atoms with Crippen molar-refractivity contribution < 1.29 is 19.2 Å². The Morgan fingerprint density at radius 3 is 1.36 bits per heavy atom. The number of hydrogen-bond donors (Lipinski definition) is 0. The van der Waals surface area contributed by atoms with Gasteiger partial charge in [-0.3, -0.25) is 0 Å². The Hall–Kier alpha value is -0.449. The quantitative estimate of drug-likeness (QED) is 0.613. The molecule has 0 atom stereocenters. The minimum atomic E-state index is 0.120. The third kappa shape index (κ3) is 14.5. The molecule has 0 radical (unpaired) electrons. The van der Waals surface area contributed by atoms with Crippen LogP contribution in [-0.2, 0) is 32.3 Å². The van der Waals surface area contributed by atoms with E-state index in [-0.39, 0.29) is 6.19 Å². The Balaban J connectivity index is 0.000000326. The maximum absolute atomic E-state index is 2.27. The first-order valence-corrected chi connectivity index (χ1v) is 12.4. The minimum absolute atomic E-state index is 0.120. The molecule has 0 bridgehead atoms. The molecule has 0 aliphatic carbocycles. The normalized spacial score (nSPS) is 9.91. The molecule has 0 heterocycles. The van der Waals surface area contributed by atoms with Gasteiger partial charge in [0.1, 0.15) is 0 Å². The van der Waals surface area contributed by atoms with Crippen molar-refractivity contribution >= 4 is 6.19 Å². The molecule has 2 nitrogen and oxygen atoms in total. The summed E-state index contributed by atoms with van der Waals surface area (Å²) in [5.74, 6) is 0. The average molecular weight is 350 g/mol. The van der Waals surface area contributed by atoms with E-state index in [1.807, 2.05) is 0 Å². The Labute approximate surface area is 149 Å². The second-order valence-corrected chi connectivity index (χ2v) is 12.7. The van der Waals surface area contributed by atoms with Gasteiger partial charge in [0.15, 0.2) is 0 Å². The molecule has 22 heavy (non-hydrogen) atoms. The summed E-state index contributed by atoms with van der Waals surface area (Å²) in [6.45, 7) is 6.63. The molecule has 2 aromatic rings. The molecule has 0 amide bonds. The summed E-state index contributed by atoms with van der Waals surface area (Å²) in [6.07, 6.45) is 0.120. The Morgan fingerprint density at radius 2 is 1.18 bits per heavy atom. The van der Waals surface area contributed by atoms with Gasteiger partial charge in [0.05, 0.1) is 0 Å². The van der Waals surface area contributed by atoms with Gasteiger partial charge in [0.2, 0.25) is 0 Å². The van der Waals surface area contributed by atoms with Crippen LogP contribution in [0.2, 0.25) is 13.1 Å². The third-order valence-corrected chi connectivity index (χ3v) is 2.46. The van der Waals surface area contributed by atoms with E-state index in [0.717, 1.165) is 13.1 Å². The predicted octanol–water partition coefficient (Wildman–Crippen LogP) is 3.72. The molecule has 0 unspecified atom stereocenters. The summed E-state index contributed by atoms with van der Waals surface area (Å²) in [5, 5.41) is 0. The van der Waals surface area contributed by atoms with E-state index in [1.54, 1.807) is 0 Å². The molecule has 120 valence electrons. The zero-order valence-electron chi connectivity index (χ0n) is 14.9. The van der Waals surface area contributed by atoms with Gasteiger partial charge in [-0.25, -0.2) is 12.1 Å². The average Bonchev–Trinajstić information content (AvgIpc) is 3.01. The van der Waals surface area contributed by atoms with Crippen molar-refractivity contribution in [2.24, 2.45) is 0 Å². The van der Waals surface area contributed by atoms with E-state index in [2.05, 4.69) is 119 Å². The molecule has 0 saturated carbocycles. The standard InChI is InChI=1S/2C8H12N.C2H6Si.Ti/c2*1-9(2)7-8-5-3-4-6-8;1-3-2;/h2*3-6H,7H2,1-2H3;1-2H3;/q2*-1;;+2. The van der Waals surface area contributed by atoms with Gasteiger partial charge in [0.25, 0.3) is 0 Å². The maximum atomic E-state index is 2.27. The summed E-state index contributed by atoms with van der Waals surface area (Å²) in [5.41, 5.74) is 2.78. The molecule has 4 heteroatoms. The van der Waals surface area contributed by atoms with Gasteiger partial charge in [-0.2, -0.15) is 47.5 Å². The van der Waals surface area contributed by atoms with Crippen LogP contribution in [-0.4, -0.2) is 44.2 Å². The van der Waals surface area contributed by atoms with E-state index in [4.69, 9.17) is 0 Å². The van der Waals surface area contributed by atoms with Crippen LogP contribution in [0.3, 0.4) is 0 Å². The molecular weight excluding hydrogens is 320 g/mol. The van der Waals surface area contributed by atoms with Crippen LogP contribution in [0, 0.1) is 0 Å². The van der Waals surface area contributed by atoms with E-state index in [1.165, 1.54) is 11.1 Å². The topological polar surface area (TPSA) is 6.48 Å². The SMILES string of the molecule is CN(C)Cc1cc[cH-]c1.CN(C)Cc1cc[cH-]c1.C[Si](C)=[Ti+2]. The number of nitrogens with zero attached hydrogens (tertiary/aromatic N) is 2. The van der Waals surface area contributed by atoms with Gasteiger partial charge in [0, 0.05) is 0 Å². The first-order chi connectivity index (χ1) is 10.3. The fourth-order valence-electron chi connectivity index (χ4n) is 1.77. The first kappa shape index (κ1) is 21.6. The molecule has 0 aliphatic rings. The molecule has 2 aromatic carbocycles. The van der Waals surface area contributed by atoms with Crippen molar-refractivity contribution in [2.75, 3.05) is 28.2 Å². The van der Waals surface area contributed by atoms with Crippen molar-refractivity contribution in [1.29, 1.82) is 0 Å². The molecule has 0 N–H and O–H groups in total. The molecule has 0 aromatic heterocycles. The van der Waals surface area contributed by atoms with E-state index < -0.39 is 0 Å². The van der Waals surface area contributed by atoms with E-state index in [0.29, 0.717) is 0 Å². The molecule has 0 aliphatic heterocycles. The summed E-state index contributed by atoms with van der Waals surface area (Å²) in [7, 11) is 8.31. The fraction of sp³-hybridized carbons (Fsp3) is 0.444. The van der Waals surface area contributed by atoms with Crippen molar-refractivity contribution in [3.63, 3.8) is 0 Å². The van der Waals surface area contributed by atoms with Gasteiger partial charge < -0.3 is 9.80 Å². The zero-order chi connectivity index (χ0) is 17.0. The van der Waals surface area contributed by atoms with Crippen LogP contribution < -0.4 is 0 Å². The monoisotopic (exact) mass is 350 g/mol. The van der Waals surface area contributed by atoms with Crippen LogP contribution in [0.15, 0.2) is 48.5 Å². The molecule has 2 rings (SSSR count). The van der Waals surface area contributed by atoms with Gasteiger partial charge in [-0.15, -0.1) is 0 Å². The predicted molar refractivity (Wildman–Crippen MR) is 96.3 cm³/mol. The van der Waals surface area contributed by atoms with Crippen molar-refractivity contribution in [3.05, 3.63) is 59.7 Å². The van der Waals surface area contributed by atoms with E-state index >= 15 is 0 Å². The van der Waals surface area contributed by atoms with Crippen LogP contribution in [0.1, 0.15) is 11.1 Å². The van der Waals surface area contributed by atoms with Crippen LogP contribution in [0.4, 0.5) is 0 Å². The summed E-state index contributed by atoms with van der Waals surface area (Å²) < 4.78 is 0. The molecule has 0 fully saturated rings. The Kier molecular flexibility index (Phi) is 12.8. The van der Waals surface area contributed by atoms with Crippen molar-refractivity contribution in [3.8, 4) is 0 Å². The van der Waals surface area contributed by atoms with Crippen molar-refractivity contribution in [2.45, 2.75) is 26.2 Å². The third-order valence-electron chi connectivity index (χ3n) is 2.46. The molecular formula is C18H30N2SiTi. The van der Waals surface area contributed by atoms with Crippen molar-refractivity contribution in [1.82, 2.24) is 9.80 Å². The summed E-state index contributed by atoms with van der Waals surface area (Å²) in [6, 6.07) is 16.8. The first-order valence-electron chi connectivity index (χ1n) is 7.53. The second kappa shape index (κ2) is 13.0.